The summed E-state index contributed by atoms with van der Waals surface area (Å²) < 4.78 is 0. The lowest BCUT2D eigenvalue weighted by Gasteiger charge is -2.09. The predicted molar refractivity (Wildman–Crippen MR) is 52.3 cm³/mol. The Morgan fingerprint density at radius 1 is 1.67 bits per heavy atom. The molecule has 0 aromatic heterocycles. The van der Waals surface area contributed by atoms with Gasteiger partial charge in [0.1, 0.15) is 6.10 Å². The Kier molecular flexibility index (Phi) is 5.45. The van der Waals surface area contributed by atoms with E-state index >= 15 is 0 Å². The Hall–Kier alpha value is -0.770. The first-order valence-corrected chi connectivity index (χ1v) is 3.72. The minimum atomic E-state index is 0. The van der Waals surface area contributed by atoms with Gasteiger partial charge in [-0.15, -0.1) is 12.4 Å². The molecule has 0 fully saturated rings. The molecule has 0 aromatic carbocycles. The number of aliphatic imine (C=N–C) groups is 1. The van der Waals surface area contributed by atoms with Gasteiger partial charge in [-0.1, -0.05) is 5.16 Å². The fourth-order valence-electron chi connectivity index (χ4n) is 0.676. The molecule has 0 saturated carbocycles. The number of hydrogen-bond donors (Lipinski definition) is 1. The third-order valence-corrected chi connectivity index (χ3v) is 1.16. The van der Waals surface area contributed by atoms with Gasteiger partial charge in [0, 0.05) is 0 Å². The van der Waals surface area contributed by atoms with E-state index in [9.17, 15) is 0 Å². The van der Waals surface area contributed by atoms with Crippen molar-refractivity contribution in [2.75, 3.05) is 13.1 Å². The van der Waals surface area contributed by atoms with E-state index in [0.717, 1.165) is 12.3 Å². The van der Waals surface area contributed by atoms with Crippen LogP contribution in [-0.2, 0) is 4.84 Å². The second kappa shape index (κ2) is 5.83. The zero-order valence-corrected chi connectivity index (χ0v) is 8.10. The first kappa shape index (κ1) is 11.2. The number of halogens is 1. The largest absolute Gasteiger partial charge is 0.393 e. The summed E-state index contributed by atoms with van der Waals surface area (Å²) in [5.74, 6) is 0. The maximum Gasteiger partial charge on any atom is 0.122 e. The van der Waals surface area contributed by atoms with Crippen LogP contribution in [0.3, 0.4) is 0 Å². The molecule has 12 heavy (non-hydrogen) atoms. The van der Waals surface area contributed by atoms with Gasteiger partial charge in [-0.05, 0) is 13.8 Å². The SMILES string of the molecule is CC(C)O/N=C1/CN=CNC1.Cl. The summed E-state index contributed by atoms with van der Waals surface area (Å²) in [5, 5.41) is 6.88. The molecule has 0 saturated heterocycles. The van der Waals surface area contributed by atoms with Crippen molar-refractivity contribution < 1.29 is 4.84 Å². The van der Waals surface area contributed by atoms with E-state index in [-0.39, 0.29) is 18.5 Å². The molecule has 0 radical (unpaired) electrons. The first-order valence-electron chi connectivity index (χ1n) is 3.72. The smallest absolute Gasteiger partial charge is 0.122 e. The standard InChI is InChI=1S/C7H13N3O.ClH/c1-6(2)11-10-7-3-8-5-9-4-7;/h5-6H,3-4H2,1-2H3,(H,8,9);1H. The molecule has 0 unspecified atom stereocenters. The Bertz CT molecular complexity index is 179. The molecule has 5 heteroatoms. The molecule has 1 aliphatic heterocycles. The number of nitrogens with one attached hydrogen (secondary N) is 1. The Labute approximate surface area is 78.5 Å². The maximum atomic E-state index is 5.06. The highest BCUT2D eigenvalue weighted by molar-refractivity contribution is 5.92. The van der Waals surface area contributed by atoms with Crippen LogP contribution in [0.1, 0.15) is 13.8 Å². The lowest BCUT2D eigenvalue weighted by molar-refractivity contribution is 0.0853. The second-order valence-electron chi connectivity index (χ2n) is 2.66. The van der Waals surface area contributed by atoms with Crippen molar-refractivity contribution in [1.29, 1.82) is 0 Å². The van der Waals surface area contributed by atoms with Crippen LogP contribution < -0.4 is 5.32 Å². The summed E-state index contributed by atoms with van der Waals surface area (Å²) in [7, 11) is 0. The molecule has 1 rings (SSSR count). The molecule has 1 heterocycles. The van der Waals surface area contributed by atoms with Gasteiger partial charge in [-0.3, -0.25) is 4.99 Å². The van der Waals surface area contributed by atoms with Crippen LogP contribution in [0.4, 0.5) is 0 Å². The topological polar surface area (TPSA) is 46.0 Å². The molecule has 4 nitrogen and oxygen atoms in total. The van der Waals surface area contributed by atoms with Gasteiger partial charge in [0.2, 0.25) is 0 Å². The van der Waals surface area contributed by atoms with Crippen molar-refractivity contribution >= 4 is 24.5 Å². The summed E-state index contributed by atoms with van der Waals surface area (Å²) >= 11 is 0. The van der Waals surface area contributed by atoms with Gasteiger partial charge in [0.05, 0.1) is 25.1 Å². The minimum absolute atomic E-state index is 0. The van der Waals surface area contributed by atoms with Crippen LogP contribution in [0, 0.1) is 0 Å². The van der Waals surface area contributed by atoms with Gasteiger partial charge < -0.3 is 10.2 Å². The van der Waals surface area contributed by atoms with Gasteiger partial charge >= 0.3 is 0 Å². The average Bonchev–Trinajstić information content (AvgIpc) is 2.03. The van der Waals surface area contributed by atoms with Gasteiger partial charge in [0.15, 0.2) is 0 Å². The molecule has 70 valence electrons. The van der Waals surface area contributed by atoms with Crippen LogP contribution in [0.15, 0.2) is 10.1 Å². The Morgan fingerprint density at radius 3 is 2.92 bits per heavy atom. The fourth-order valence-corrected chi connectivity index (χ4v) is 0.676. The third kappa shape index (κ3) is 4.18. The van der Waals surface area contributed by atoms with Gasteiger partial charge in [-0.2, -0.15) is 0 Å². The van der Waals surface area contributed by atoms with E-state index in [0.29, 0.717) is 6.54 Å². The van der Waals surface area contributed by atoms with Crippen LogP contribution in [-0.4, -0.2) is 31.2 Å². The van der Waals surface area contributed by atoms with Crippen molar-refractivity contribution in [2.45, 2.75) is 20.0 Å². The molecular weight excluding hydrogens is 178 g/mol. The summed E-state index contributed by atoms with van der Waals surface area (Å²) in [6.45, 7) is 5.29. The van der Waals surface area contributed by atoms with E-state index in [1.165, 1.54) is 0 Å². The fraction of sp³-hybridized carbons (Fsp3) is 0.714. The van der Waals surface area contributed by atoms with E-state index in [4.69, 9.17) is 4.84 Å². The van der Waals surface area contributed by atoms with E-state index < -0.39 is 0 Å². The number of rotatable bonds is 2. The van der Waals surface area contributed by atoms with Crippen LogP contribution in [0.2, 0.25) is 0 Å². The maximum absolute atomic E-state index is 5.06. The first-order chi connectivity index (χ1) is 5.29. The lowest BCUT2D eigenvalue weighted by atomic mass is 10.3. The average molecular weight is 192 g/mol. The predicted octanol–water partition coefficient (Wildman–Crippen LogP) is 0.821. The van der Waals surface area contributed by atoms with Crippen molar-refractivity contribution in [2.24, 2.45) is 10.1 Å². The van der Waals surface area contributed by atoms with E-state index in [1.807, 2.05) is 13.8 Å². The van der Waals surface area contributed by atoms with Crippen molar-refractivity contribution in [1.82, 2.24) is 5.32 Å². The second-order valence-corrected chi connectivity index (χ2v) is 2.66. The van der Waals surface area contributed by atoms with Gasteiger partial charge in [-0.25, -0.2) is 0 Å². The molecule has 0 atom stereocenters. The summed E-state index contributed by atoms with van der Waals surface area (Å²) in [5.41, 5.74) is 0.946. The number of nitrogens with zero attached hydrogens (tertiary/aromatic N) is 2. The monoisotopic (exact) mass is 191 g/mol. The normalized spacial score (nSPS) is 18.8. The summed E-state index contributed by atoms with van der Waals surface area (Å²) in [4.78, 5) is 9.04. The summed E-state index contributed by atoms with van der Waals surface area (Å²) in [6.07, 6.45) is 1.84. The quantitative estimate of drug-likeness (QED) is 0.657. The molecule has 0 bridgehead atoms. The van der Waals surface area contributed by atoms with Crippen LogP contribution >= 0.6 is 12.4 Å². The Morgan fingerprint density at radius 2 is 2.42 bits per heavy atom. The zero-order valence-electron chi connectivity index (χ0n) is 7.28. The highest BCUT2D eigenvalue weighted by atomic mass is 35.5. The van der Waals surface area contributed by atoms with Crippen LogP contribution in [0.5, 0.6) is 0 Å². The van der Waals surface area contributed by atoms with Crippen molar-refractivity contribution in [3.05, 3.63) is 0 Å². The van der Waals surface area contributed by atoms with Crippen LogP contribution in [0.25, 0.3) is 0 Å². The highest BCUT2D eigenvalue weighted by Gasteiger charge is 2.02. The van der Waals surface area contributed by atoms with Gasteiger partial charge in [0.25, 0.3) is 0 Å². The van der Waals surface area contributed by atoms with Crippen molar-refractivity contribution in [3.63, 3.8) is 0 Å². The Balaban J connectivity index is 0.00000121. The zero-order chi connectivity index (χ0) is 8.10. The van der Waals surface area contributed by atoms with Crippen molar-refractivity contribution in [3.8, 4) is 0 Å². The van der Waals surface area contributed by atoms with E-state index in [1.54, 1.807) is 6.34 Å². The van der Waals surface area contributed by atoms with E-state index in [2.05, 4.69) is 15.5 Å². The molecule has 0 aromatic rings. The molecule has 1 aliphatic rings. The number of hydrogen-bond acceptors (Lipinski definition) is 4. The lowest BCUT2D eigenvalue weighted by Crippen LogP contribution is -2.29. The molecular formula is C7H14ClN3O. The minimum Gasteiger partial charge on any atom is -0.393 e. The molecule has 1 N–H and O–H groups in total. The third-order valence-electron chi connectivity index (χ3n) is 1.16. The number of oxime groups is 1. The molecule has 0 aliphatic carbocycles. The highest BCUT2D eigenvalue weighted by Crippen LogP contribution is 1.91. The molecule has 0 amide bonds. The summed E-state index contributed by atoms with van der Waals surface area (Å²) in [6, 6.07) is 0. The molecule has 0 spiro atoms.